The molecule has 2 aromatic carbocycles. The van der Waals surface area contributed by atoms with E-state index in [2.05, 4.69) is 15.2 Å². The van der Waals surface area contributed by atoms with E-state index in [9.17, 15) is 0 Å². The van der Waals surface area contributed by atoms with Gasteiger partial charge in [-0.05, 0) is 48.5 Å². The largest absolute Gasteiger partial charge is 0.497 e. The van der Waals surface area contributed by atoms with Gasteiger partial charge in [-0.15, -0.1) is 10.2 Å². The van der Waals surface area contributed by atoms with Gasteiger partial charge in [0.15, 0.2) is 11.0 Å². The standard InChI is InChI=1S/C24H19ClN4O3S/c1-30-20-5-2-4-17(12-20)22-27-28-24(29(22)13-21-6-3-11-31-21)33-15-19-14-32-23(26-19)16-7-9-18(25)10-8-16/h2-12,14H,13,15H2,1H3. The van der Waals surface area contributed by atoms with Gasteiger partial charge in [-0.1, -0.05) is 35.5 Å². The van der Waals surface area contributed by atoms with E-state index in [1.807, 2.05) is 65.2 Å². The van der Waals surface area contributed by atoms with E-state index in [4.69, 9.17) is 25.2 Å². The van der Waals surface area contributed by atoms with Gasteiger partial charge < -0.3 is 13.6 Å². The Morgan fingerprint density at radius 2 is 1.88 bits per heavy atom. The van der Waals surface area contributed by atoms with E-state index >= 15 is 0 Å². The molecule has 9 heteroatoms. The van der Waals surface area contributed by atoms with Crippen LogP contribution in [0.2, 0.25) is 5.02 Å². The zero-order chi connectivity index (χ0) is 22.6. The highest BCUT2D eigenvalue weighted by Crippen LogP contribution is 2.30. The lowest BCUT2D eigenvalue weighted by Gasteiger charge is -2.09. The van der Waals surface area contributed by atoms with Crippen LogP contribution in [-0.4, -0.2) is 26.9 Å². The van der Waals surface area contributed by atoms with Crippen LogP contribution >= 0.6 is 23.4 Å². The first-order valence-electron chi connectivity index (χ1n) is 10.1. The summed E-state index contributed by atoms with van der Waals surface area (Å²) in [6.45, 7) is 0.504. The second-order valence-electron chi connectivity index (χ2n) is 7.14. The van der Waals surface area contributed by atoms with Crippen molar-refractivity contribution >= 4 is 23.4 Å². The number of oxazole rings is 1. The van der Waals surface area contributed by atoms with Crippen LogP contribution in [0.4, 0.5) is 0 Å². The van der Waals surface area contributed by atoms with Crippen molar-refractivity contribution in [1.29, 1.82) is 0 Å². The number of halogens is 1. The van der Waals surface area contributed by atoms with Gasteiger partial charge in [-0.3, -0.25) is 4.57 Å². The first kappa shape index (κ1) is 21.4. The molecule has 3 heterocycles. The molecule has 7 nitrogen and oxygen atoms in total. The minimum atomic E-state index is 0.504. The molecule has 3 aromatic heterocycles. The second-order valence-corrected chi connectivity index (χ2v) is 8.52. The van der Waals surface area contributed by atoms with Gasteiger partial charge >= 0.3 is 0 Å². The van der Waals surface area contributed by atoms with Gasteiger partial charge in [0, 0.05) is 21.9 Å². The van der Waals surface area contributed by atoms with Crippen molar-refractivity contribution in [3.8, 4) is 28.6 Å². The molecule has 0 amide bonds. The number of benzene rings is 2. The Balaban J connectivity index is 1.40. The lowest BCUT2D eigenvalue weighted by molar-refractivity contribution is 0.415. The van der Waals surface area contributed by atoms with Crippen molar-refractivity contribution in [2.75, 3.05) is 7.11 Å². The van der Waals surface area contributed by atoms with Crippen LogP contribution in [-0.2, 0) is 12.3 Å². The molecule has 0 saturated carbocycles. The lowest BCUT2D eigenvalue weighted by Crippen LogP contribution is -2.03. The van der Waals surface area contributed by atoms with Crippen LogP contribution < -0.4 is 4.74 Å². The summed E-state index contributed by atoms with van der Waals surface area (Å²) < 4.78 is 18.6. The zero-order valence-corrected chi connectivity index (χ0v) is 19.2. The molecule has 0 spiro atoms. The average molecular weight is 479 g/mol. The minimum absolute atomic E-state index is 0.504. The maximum absolute atomic E-state index is 5.97. The average Bonchev–Trinajstić information content (AvgIpc) is 3.60. The lowest BCUT2D eigenvalue weighted by atomic mass is 10.2. The SMILES string of the molecule is COc1cccc(-c2nnc(SCc3coc(-c4ccc(Cl)cc4)n3)n2Cc2ccco2)c1. The molecule has 0 atom stereocenters. The van der Waals surface area contributed by atoms with E-state index in [0.717, 1.165) is 39.3 Å². The third-order valence-corrected chi connectivity index (χ3v) is 6.18. The third-order valence-electron chi connectivity index (χ3n) is 4.93. The quantitative estimate of drug-likeness (QED) is 0.246. The Morgan fingerprint density at radius 3 is 2.67 bits per heavy atom. The summed E-state index contributed by atoms with van der Waals surface area (Å²) in [4.78, 5) is 4.60. The number of furan rings is 1. The number of hydrogen-bond acceptors (Lipinski definition) is 7. The van der Waals surface area contributed by atoms with E-state index in [-0.39, 0.29) is 0 Å². The van der Waals surface area contributed by atoms with Gasteiger partial charge in [-0.25, -0.2) is 4.98 Å². The smallest absolute Gasteiger partial charge is 0.226 e. The highest BCUT2D eigenvalue weighted by atomic mass is 35.5. The predicted molar refractivity (Wildman–Crippen MR) is 126 cm³/mol. The van der Waals surface area contributed by atoms with Gasteiger partial charge in [0.25, 0.3) is 0 Å². The summed E-state index contributed by atoms with van der Waals surface area (Å²) in [6, 6.07) is 18.9. The molecule has 0 saturated heterocycles. The summed E-state index contributed by atoms with van der Waals surface area (Å²) in [7, 11) is 1.64. The van der Waals surface area contributed by atoms with Crippen molar-refractivity contribution in [3.63, 3.8) is 0 Å². The summed E-state index contributed by atoms with van der Waals surface area (Å²) in [5, 5.41) is 10.3. The fourth-order valence-electron chi connectivity index (χ4n) is 3.31. The van der Waals surface area contributed by atoms with Crippen LogP contribution in [0.25, 0.3) is 22.8 Å². The highest BCUT2D eigenvalue weighted by molar-refractivity contribution is 7.98. The maximum Gasteiger partial charge on any atom is 0.226 e. The molecular weight excluding hydrogens is 460 g/mol. The fourth-order valence-corrected chi connectivity index (χ4v) is 4.25. The van der Waals surface area contributed by atoms with Gasteiger partial charge in [0.05, 0.1) is 25.6 Å². The molecule has 166 valence electrons. The number of methoxy groups -OCH3 is 1. The number of ether oxygens (including phenoxy) is 1. The van der Waals surface area contributed by atoms with E-state index in [1.165, 1.54) is 11.8 Å². The molecule has 0 fully saturated rings. The molecule has 0 unspecified atom stereocenters. The summed E-state index contributed by atoms with van der Waals surface area (Å²) in [5.74, 6) is 3.43. The van der Waals surface area contributed by atoms with Crippen LogP contribution in [0.5, 0.6) is 5.75 Å². The van der Waals surface area contributed by atoms with Gasteiger partial charge in [0.1, 0.15) is 17.8 Å². The summed E-state index contributed by atoms with van der Waals surface area (Å²) in [6.07, 6.45) is 3.32. The van der Waals surface area contributed by atoms with Crippen molar-refractivity contribution in [3.05, 3.63) is 89.7 Å². The number of thioether (sulfide) groups is 1. The Morgan fingerprint density at radius 1 is 1.00 bits per heavy atom. The molecule has 0 aliphatic rings. The van der Waals surface area contributed by atoms with Crippen molar-refractivity contribution < 1.29 is 13.6 Å². The molecule has 0 aliphatic heterocycles. The maximum atomic E-state index is 5.97. The second kappa shape index (κ2) is 9.56. The normalized spacial score (nSPS) is 11.1. The summed E-state index contributed by atoms with van der Waals surface area (Å²) in [5.41, 5.74) is 2.59. The number of nitrogens with zero attached hydrogens (tertiary/aromatic N) is 4. The zero-order valence-electron chi connectivity index (χ0n) is 17.6. The topological polar surface area (TPSA) is 79.1 Å². The van der Waals surface area contributed by atoms with Crippen LogP contribution in [0.15, 0.2) is 87.2 Å². The Kier molecular flexibility index (Phi) is 6.19. The molecular formula is C24H19ClN4O3S. The third kappa shape index (κ3) is 4.81. The first-order valence-corrected chi connectivity index (χ1v) is 11.5. The van der Waals surface area contributed by atoms with E-state index in [1.54, 1.807) is 19.6 Å². The van der Waals surface area contributed by atoms with Crippen LogP contribution in [0.1, 0.15) is 11.5 Å². The fraction of sp³-hybridized carbons (Fsp3) is 0.125. The Labute approximate surface area is 199 Å². The molecule has 5 rings (SSSR count). The van der Waals surface area contributed by atoms with Crippen molar-refractivity contribution in [2.45, 2.75) is 17.5 Å². The number of hydrogen-bond donors (Lipinski definition) is 0. The van der Waals surface area contributed by atoms with Crippen molar-refractivity contribution in [2.24, 2.45) is 0 Å². The number of rotatable bonds is 8. The molecule has 0 N–H and O–H groups in total. The monoisotopic (exact) mass is 478 g/mol. The van der Waals surface area contributed by atoms with Crippen molar-refractivity contribution in [1.82, 2.24) is 19.7 Å². The highest BCUT2D eigenvalue weighted by Gasteiger charge is 2.17. The minimum Gasteiger partial charge on any atom is -0.497 e. The predicted octanol–water partition coefficient (Wildman–Crippen LogP) is 6.20. The Hall–Kier alpha value is -3.49. The molecule has 0 bridgehead atoms. The van der Waals surface area contributed by atoms with E-state index < -0.39 is 0 Å². The molecule has 5 aromatic rings. The van der Waals surface area contributed by atoms with Crippen LogP contribution in [0.3, 0.4) is 0 Å². The summed E-state index contributed by atoms with van der Waals surface area (Å²) >= 11 is 7.50. The van der Waals surface area contributed by atoms with Gasteiger partial charge in [0.2, 0.25) is 5.89 Å². The molecule has 33 heavy (non-hydrogen) atoms. The molecule has 0 radical (unpaired) electrons. The Bertz CT molecular complexity index is 1350. The van der Waals surface area contributed by atoms with E-state index in [0.29, 0.717) is 23.2 Å². The first-order chi connectivity index (χ1) is 16.2. The van der Waals surface area contributed by atoms with Gasteiger partial charge in [-0.2, -0.15) is 0 Å². The van der Waals surface area contributed by atoms with Crippen LogP contribution in [0, 0.1) is 0 Å². The number of aromatic nitrogens is 4. The molecule has 0 aliphatic carbocycles.